The predicted octanol–water partition coefficient (Wildman–Crippen LogP) is -1.20. The number of hydrogen-bond donors (Lipinski definition) is 4. The van der Waals surface area contributed by atoms with E-state index in [4.69, 9.17) is 0 Å². The van der Waals surface area contributed by atoms with Gasteiger partial charge in [0.25, 0.3) is 0 Å². The molecule has 5 heteroatoms. The summed E-state index contributed by atoms with van der Waals surface area (Å²) in [5.74, 6) is 0. The second-order valence-electron chi connectivity index (χ2n) is 4.22. The van der Waals surface area contributed by atoms with Crippen LogP contribution in [0.1, 0.15) is 13.3 Å². The lowest BCUT2D eigenvalue weighted by Crippen LogP contribution is -2.47. The van der Waals surface area contributed by atoms with E-state index >= 15 is 0 Å². The summed E-state index contributed by atoms with van der Waals surface area (Å²) in [6.07, 6.45) is 0.722. The first kappa shape index (κ1) is 13.9. The van der Waals surface area contributed by atoms with Gasteiger partial charge in [0.05, 0.1) is 0 Å². The first-order chi connectivity index (χ1) is 7.84. The molecule has 0 aromatic carbocycles. The molecule has 4 N–H and O–H groups in total. The number of nitrogens with zero attached hydrogens (tertiary/aromatic N) is 1. The second kappa shape index (κ2) is 8.90. The Morgan fingerprint density at radius 2 is 1.69 bits per heavy atom. The molecule has 1 heterocycles. The standard InChI is InChI=1S/C11H26N4O/c1-2-8-15-9-7-13-4-3-12-5-6-14-10-11(15)16/h11-14,16H,2-10H2,1H3. The average Bonchev–Trinajstić information content (AvgIpc) is 2.28. The molecular formula is C11H26N4O. The highest BCUT2D eigenvalue weighted by Crippen LogP contribution is 1.96. The van der Waals surface area contributed by atoms with Crippen LogP contribution in [0.3, 0.4) is 0 Å². The predicted molar refractivity (Wildman–Crippen MR) is 66.5 cm³/mol. The Balaban J connectivity index is 2.33. The Bertz CT molecular complexity index is 168. The number of nitrogens with one attached hydrogen (secondary N) is 3. The molecule has 1 aliphatic rings. The highest BCUT2D eigenvalue weighted by Gasteiger charge is 2.13. The van der Waals surface area contributed by atoms with Gasteiger partial charge in [-0.15, -0.1) is 0 Å². The van der Waals surface area contributed by atoms with Crippen molar-refractivity contribution in [2.24, 2.45) is 0 Å². The molecule has 1 rings (SSSR count). The van der Waals surface area contributed by atoms with Gasteiger partial charge in [0, 0.05) is 52.4 Å². The van der Waals surface area contributed by atoms with Crippen molar-refractivity contribution in [2.45, 2.75) is 19.6 Å². The smallest absolute Gasteiger partial charge is 0.120 e. The Morgan fingerprint density at radius 1 is 1.06 bits per heavy atom. The zero-order chi connectivity index (χ0) is 11.6. The fourth-order valence-corrected chi connectivity index (χ4v) is 1.88. The van der Waals surface area contributed by atoms with Crippen LogP contribution in [0.15, 0.2) is 0 Å². The summed E-state index contributed by atoms with van der Waals surface area (Å²) >= 11 is 0. The van der Waals surface area contributed by atoms with Crippen molar-refractivity contribution in [3.8, 4) is 0 Å². The molecule has 0 radical (unpaired) electrons. The maximum Gasteiger partial charge on any atom is 0.120 e. The topological polar surface area (TPSA) is 59.6 Å². The molecule has 1 fully saturated rings. The minimum Gasteiger partial charge on any atom is -0.377 e. The summed E-state index contributed by atoms with van der Waals surface area (Å²) < 4.78 is 0. The number of aliphatic hydroxyl groups is 1. The molecule has 1 aliphatic heterocycles. The molecule has 0 aliphatic carbocycles. The molecule has 0 saturated carbocycles. The molecule has 0 aromatic rings. The van der Waals surface area contributed by atoms with Gasteiger partial charge >= 0.3 is 0 Å². The van der Waals surface area contributed by atoms with E-state index in [0.29, 0.717) is 6.54 Å². The monoisotopic (exact) mass is 230 g/mol. The molecular weight excluding hydrogens is 204 g/mol. The molecule has 5 nitrogen and oxygen atoms in total. The van der Waals surface area contributed by atoms with Crippen LogP contribution < -0.4 is 16.0 Å². The molecule has 0 amide bonds. The summed E-state index contributed by atoms with van der Waals surface area (Å²) in [4.78, 5) is 2.13. The van der Waals surface area contributed by atoms with E-state index in [9.17, 15) is 5.11 Å². The number of hydrogen-bond acceptors (Lipinski definition) is 5. The first-order valence-electron chi connectivity index (χ1n) is 6.39. The Hall–Kier alpha value is -0.200. The van der Waals surface area contributed by atoms with Crippen molar-refractivity contribution < 1.29 is 5.11 Å². The van der Waals surface area contributed by atoms with Gasteiger partial charge in [-0.1, -0.05) is 6.92 Å². The van der Waals surface area contributed by atoms with Crippen molar-refractivity contribution in [1.82, 2.24) is 20.9 Å². The maximum absolute atomic E-state index is 10.00. The fourth-order valence-electron chi connectivity index (χ4n) is 1.88. The zero-order valence-corrected chi connectivity index (χ0v) is 10.3. The van der Waals surface area contributed by atoms with E-state index in [1.807, 2.05) is 0 Å². The molecule has 0 spiro atoms. The van der Waals surface area contributed by atoms with Crippen LogP contribution in [0.4, 0.5) is 0 Å². The molecule has 96 valence electrons. The fraction of sp³-hybridized carbons (Fsp3) is 1.00. The van der Waals surface area contributed by atoms with E-state index in [-0.39, 0.29) is 6.23 Å². The number of rotatable bonds is 2. The van der Waals surface area contributed by atoms with Gasteiger partial charge in [0.15, 0.2) is 0 Å². The highest BCUT2D eigenvalue weighted by atomic mass is 16.3. The zero-order valence-electron chi connectivity index (χ0n) is 10.3. The lowest BCUT2D eigenvalue weighted by atomic mass is 10.3. The minimum absolute atomic E-state index is 0.360. The first-order valence-corrected chi connectivity index (χ1v) is 6.39. The van der Waals surface area contributed by atoms with Crippen LogP contribution in [-0.4, -0.2) is 68.6 Å². The molecule has 0 aromatic heterocycles. The second-order valence-corrected chi connectivity index (χ2v) is 4.22. The van der Waals surface area contributed by atoms with Gasteiger partial charge in [0.1, 0.15) is 6.23 Å². The third-order valence-corrected chi connectivity index (χ3v) is 2.79. The molecule has 16 heavy (non-hydrogen) atoms. The molecule has 1 atom stereocenters. The third kappa shape index (κ3) is 5.77. The van der Waals surface area contributed by atoms with Crippen LogP contribution in [0, 0.1) is 0 Å². The SMILES string of the molecule is CCCN1CCNCCNCCNCC1O. The minimum atomic E-state index is -0.360. The summed E-state index contributed by atoms with van der Waals surface area (Å²) in [6, 6.07) is 0. The van der Waals surface area contributed by atoms with Crippen LogP contribution in [0.25, 0.3) is 0 Å². The van der Waals surface area contributed by atoms with Crippen molar-refractivity contribution in [3.05, 3.63) is 0 Å². The number of aliphatic hydroxyl groups excluding tert-OH is 1. The molecule has 1 unspecified atom stereocenters. The van der Waals surface area contributed by atoms with Crippen LogP contribution in [0.2, 0.25) is 0 Å². The van der Waals surface area contributed by atoms with Crippen LogP contribution in [-0.2, 0) is 0 Å². The quantitative estimate of drug-likeness (QED) is 0.480. The summed E-state index contributed by atoms with van der Waals surface area (Å²) in [6.45, 7) is 9.50. The maximum atomic E-state index is 10.00. The Kier molecular flexibility index (Phi) is 7.71. The molecule has 0 bridgehead atoms. The van der Waals surface area contributed by atoms with Gasteiger partial charge in [0.2, 0.25) is 0 Å². The summed E-state index contributed by atoms with van der Waals surface area (Å²) in [5.41, 5.74) is 0. The van der Waals surface area contributed by atoms with E-state index < -0.39 is 0 Å². The van der Waals surface area contributed by atoms with Gasteiger partial charge < -0.3 is 21.1 Å². The van der Waals surface area contributed by atoms with Crippen molar-refractivity contribution in [3.63, 3.8) is 0 Å². The van der Waals surface area contributed by atoms with Crippen LogP contribution >= 0.6 is 0 Å². The normalized spacial score (nSPS) is 27.0. The molecule has 1 saturated heterocycles. The summed E-state index contributed by atoms with van der Waals surface area (Å²) in [7, 11) is 0. The summed E-state index contributed by atoms with van der Waals surface area (Å²) in [5, 5.41) is 20.0. The van der Waals surface area contributed by atoms with Crippen LogP contribution in [0.5, 0.6) is 0 Å². The largest absolute Gasteiger partial charge is 0.377 e. The van der Waals surface area contributed by atoms with E-state index in [1.54, 1.807) is 0 Å². The lowest BCUT2D eigenvalue weighted by Gasteiger charge is -2.28. The number of β-amino-alcohol motifs (C(OH)–C–C–N with tert-alkyl or cyclic N) is 1. The van der Waals surface area contributed by atoms with Crippen molar-refractivity contribution >= 4 is 0 Å². The van der Waals surface area contributed by atoms with Crippen molar-refractivity contribution in [1.29, 1.82) is 0 Å². The van der Waals surface area contributed by atoms with Gasteiger partial charge in [-0.25, -0.2) is 0 Å². The van der Waals surface area contributed by atoms with Crippen molar-refractivity contribution in [2.75, 3.05) is 52.4 Å². The van der Waals surface area contributed by atoms with Gasteiger partial charge in [-0.05, 0) is 6.42 Å². The van der Waals surface area contributed by atoms with E-state index in [2.05, 4.69) is 27.8 Å². The Morgan fingerprint density at radius 3 is 2.38 bits per heavy atom. The van der Waals surface area contributed by atoms with E-state index in [1.165, 1.54) is 0 Å². The van der Waals surface area contributed by atoms with Gasteiger partial charge in [-0.2, -0.15) is 0 Å². The average molecular weight is 230 g/mol. The van der Waals surface area contributed by atoms with Gasteiger partial charge in [-0.3, -0.25) is 4.90 Å². The Labute approximate surface area is 98.6 Å². The third-order valence-electron chi connectivity index (χ3n) is 2.79. The lowest BCUT2D eigenvalue weighted by molar-refractivity contribution is 0.00542. The highest BCUT2D eigenvalue weighted by molar-refractivity contribution is 4.67. The van der Waals surface area contributed by atoms with E-state index in [0.717, 1.165) is 52.2 Å².